The molecule has 0 fully saturated rings. The number of hydrogen-bond acceptors (Lipinski definition) is 6. The van der Waals surface area contributed by atoms with Gasteiger partial charge in [0.15, 0.2) is 5.52 Å². The number of aromatic nitrogens is 4. The lowest BCUT2D eigenvalue weighted by atomic mass is 10.0. The highest BCUT2D eigenvalue weighted by atomic mass is 19.4. The van der Waals surface area contributed by atoms with E-state index in [9.17, 15) is 13.2 Å². The summed E-state index contributed by atoms with van der Waals surface area (Å²) < 4.78 is 44.3. The molecule has 0 aliphatic rings. The van der Waals surface area contributed by atoms with Gasteiger partial charge in [0.1, 0.15) is 0 Å². The molecule has 0 unspecified atom stereocenters. The summed E-state index contributed by atoms with van der Waals surface area (Å²) in [4.78, 5) is 8.53. The molecule has 3 aromatic rings. The quantitative estimate of drug-likeness (QED) is 0.758. The van der Waals surface area contributed by atoms with Gasteiger partial charge in [-0.2, -0.15) is 13.2 Å². The fraction of sp³-hybridized carbons (Fsp3) is 0.412. The predicted octanol–water partition coefficient (Wildman–Crippen LogP) is 3.71. The molecule has 3 heterocycles. The van der Waals surface area contributed by atoms with Gasteiger partial charge in [0.2, 0.25) is 5.65 Å². The van der Waals surface area contributed by atoms with E-state index in [1.807, 2.05) is 13.8 Å². The molecule has 0 spiro atoms. The summed E-state index contributed by atoms with van der Waals surface area (Å²) in [6.07, 6.45) is -3.95. The van der Waals surface area contributed by atoms with Gasteiger partial charge in [-0.25, -0.2) is 9.61 Å². The topological polar surface area (TPSA) is 90.7 Å². The van der Waals surface area contributed by atoms with Crippen molar-refractivity contribution >= 4 is 16.9 Å². The summed E-state index contributed by atoms with van der Waals surface area (Å²) in [5, 5.41) is 7.38. The average molecular weight is 365 g/mol. The van der Waals surface area contributed by atoms with E-state index < -0.39 is 11.7 Å². The Bertz CT molecular complexity index is 949. The molecule has 6 nitrogen and oxygen atoms in total. The van der Waals surface area contributed by atoms with Crippen molar-refractivity contribution in [1.29, 1.82) is 0 Å². The Labute approximate surface area is 147 Å². The third kappa shape index (κ3) is 3.47. The number of hydrogen-bond donors (Lipinski definition) is 1. The van der Waals surface area contributed by atoms with Gasteiger partial charge in [0, 0.05) is 23.4 Å². The summed E-state index contributed by atoms with van der Waals surface area (Å²) in [5.41, 5.74) is 8.18. The zero-order valence-electron chi connectivity index (χ0n) is 14.6. The first kappa shape index (κ1) is 18.1. The number of halogens is 3. The third-order valence-electron chi connectivity index (χ3n) is 4.06. The fourth-order valence-corrected chi connectivity index (χ4v) is 2.84. The van der Waals surface area contributed by atoms with E-state index in [1.165, 1.54) is 6.07 Å². The molecule has 26 heavy (non-hydrogen) atoms. The van der Waals surface area contributed by atoms with Crippen LogP contribution in [-0.2, 0) is 19.0 Å². The second kappa shape index (κ2) is 6.54. The minimum absolute atomic E-state index is 0.0402. The van der Waals surface area contributed by atoms with Crippen molar-refractivity contribution in [2.75, 3.05) is 5.73 Å². The van der Waals surface area contributed by atoms with Crippen LogP contribution in [0.2, 0.25) is 0 Å². The normalized spacial score (nSPS) is 12.3. The van der Waals surface area contributed by atoms with Crippen LogP contribution in [0.15, 0.2) is 16.8 Å². The number of fused-ring (bicyclic) bond motifs is 1. The minimum Gasteiger partial charge on any atom is -0.396 e. The van der Waals surface area contributed by atoms with Crippen LogP contribution in [0.25, 0.3) is 11.2 Å². The maximum Gasteiger partial charge on any atom is 0.418 e. The number of aryl methyl sites for hydroxylation is 1. The molecule has 3 rings (SSSR count). The lowest BCUT2D eigenvalue weighted by Crippen LogP contribution is -2.14. The Balaban J connectivity index is 2.03. The molecule has 2 N–H and O–H groups in total. The van der Waals surface area contributed by atoms with Crippen molar-refractivity contribution < 1.29 is 17.8 Å². The fourth-order valence-electron chi connectivity index (χ4n) is 2.84. The van der Waals surface area contributed by atoms with Gasteiger partial charge in [-0.05, 0) is 41.7 Å². The first-order chi connectivity index (χ1) is 12.2. The zero-order chi connectivity index (χ0) is 19.1. The maximum absolute atomic E-state index is 13.2. The van der Waals surface area contributed by atoms with Crippen molar-refractivity contribution in [3.8, 4) is 0 Å². The number of nitrogens with two attached hydrogens (primary N) is 1. The molecule has 0 bridgehead atoms. The van der Waals surface area contributed by atoms with Gasteiger partial charge in [-0.15, -0.1) is 0 Å². The molecule has 0 radical (unpaired) electrons. The first-order valence-electron chi connectivity index (χ1n) is 8.10. The van der Waals surface area contributed by atoms with Gasteiger partial charge in [-0.3, -0.25) is 4.98 Å². The SMILES string of the molecule is Cc1nc2nonc2c(N)c1Cc1ccc(C(F)(F)F)c(CC(C)C)n1. The Morgan fingerprint density at radius 1 is 1.15 bits per heavy atom. The van der Waals surface area contributed by atoms with Crippen LogP contribution in [-0.4, -0.2) is 20.3 Å². The molecule has 0 saturated heterocycles. The van der Waals surface area contributed by atoms with Gasteiger partial charge in [-0.1, -0.05) is 13.8 Å². The molecule has 0 aliphatic carbocycles. The van der Waals surface area contributed by atoms with Crippen LogP contribution in [0.5, 0.6) is 0 Å². The third-order valence-corrected chi connectivity index (χ3v) is 4.06. The van der Waals surface area contributed by atoms with Crippen LogP contribution in [0.1, 0.15) is 42.1 Å². The molecular weight excluding hydrogens is 347 g/mol. The molecule has 0 aromatic carbocycles. The average Bonchev–Trinajstić information content (AvgIpc) is 2.98. The molecule has 138 valence electrons. The molecule has 0 saturated carbocycles. The Kier molecular flexibility index (Phi) is 4.55. The van der Waals surface area contributed by atoms with Gasteiger partial charge in [0.25, 0.3) is 0 Å². The second-order valence-corrected chi connectivity index (χ2v) is 6.60. The van der Waals surface area contributed by atoms with Crippen LogP contribution in [0.4, 0.5) is 18.9 Å². The number of alkyl halides is 3. The van der Waals surface area contributed by atoms with Crippen molar-refractivity contribution in [3.63, 3.8) is 0 Å². The number of rotatable bonds is 4. The predicted molar refractivity (Wildman–Crippen MR) is 89.3 cm³/mol. The standard InChI is InChI=1S/C17H18F3N5O/c1-8(2)6-13-12(17(18,19)20)5-4-10(23-13)7-11-9(3)22-16-15(14(11)21)24-26-25-16/h4-5,8H,6-7,21H2,1-3H3. The van der Waals surface area contributed by atoms with E-state index in [1.54, 1.807) is 6.92 Å². The summed E-state index contributed by atoms with van der Waals surface area (Å²) >= 11 is 0. The van der Waals surface area contributed by atoms with Crippen molar-refractivity contribution in [2.24, 2.45) is 5.92 Å². The summed E-state index contributed by atoms with van der Waals surface area (Å²) in [6, 6.07) is 2.45. The summed E-state index contributed by atoms with van der Waals surface area (Å²) in [7, 11) is 0. The molecule has 9 heteroatoms. The Morgan fingerprint density at radius 2 is 1.88 bits per heavy atom. The summed E-state index contributed by atoms with van der Waals surface area (Å²) in [6.45, 7) is 5.46. The van der Waals surface area contributed by atoms with Crippen LogP contribution < -0.4 is 5.73 Å². The molecule has 0 aliphatic heterocycles. The van der Waals surface area contributed by atoms with E-state index in [0.29, 0.717) is 33.8 Å². The highest BCUT2D eigenvalue weighted by Crippen LogP contribution is 2.33. The molecule has 0 amide bonds. The highest BCUT2D eigenvalue weighted by Gasteiger charge is 2.34. The van der Waals surface area contributed by atoms with Crippen LogP contribution in [0.3, 0.4) is 0 Å². The van der Waals surface area contributed by atoms with Gasteiger partial charge in [0.05, 0.1) is 16.9 Å². The van der Waals surface area contributed by atoms with E-state index in [2.05, 4.69) is 24.9 Å². The molecule has 0 atom stereocenters. The second-order valence-electron chi connectivity index (χ2n) is 6.60. The van der Waals surface area contributed by atoms with Crippen molar-refractivity contribution in [3.05, 3.63) is 40.3 Å². The lowest BCUT2D eigenvalue weighted by molar-refractivity contribution is -0.138. The Morgan fingerprint density at radius 3 is 2.54 bits per heavy atom. The highest BCUT2D eigenvalue weighted by molar-refractivity contribution is 5.85. The Hall–Kier alpha value is -2.71. The van der Waals surface area contributed by atoms with E-state index >= 15 is 0 Å². The number of nitrogen functional groups attached to an aromatic ring is 1. The van der Waals surface area contributed by atoms with Crippen molar-refractivity contribution in [1.82, 2.24) is 20.3 Å². The number of nitrogens with zero attached hydrogens (tertiary/aromatic N) is 4. The van der Waals surface area contributed by atoms with Gasteiger partial charge < -0.3 is 5.73 Å². The van der Waals surface area contributed by atoms with Crippen molar-refractivity contribution in [2.45, 2.75) is 39.8 Å². The van der Waals surface area contributed by atoms with E-state index in [4.69, 9.17) is 5.73 Å². The number of anilines is 1. The first-order valence-corrected chi connectivity index (χ1v) is 8.10. The maximum atomic E-state index is 13.2. The van der Waals surface area contributed by atoms with Crippen LogP contribution >= 0.6 is 0 Å². The van der Waals surface area contributed by atoms with E-state index in [0.717, 1.165) is 6.07 Å². The lowest BCUT2D eigenvalue weighted by Gasteiger charge is -2.15. The largest absolute Gasteiger partial charge is 0.418 e. The van der Waals surface area contributed by atoms with Crippen LogP contribution in [0, 0.1) is 12.8 Å². The molecule has 3 aromatic heterocycles. The summed E-state index contributed by atoms with van der Waals surface area (Å²) in [5.74, 6) is 0.0462. The van der Waals surface area contributed by atoms with Gasteiger partial charge >= 0.3 is 6.18 Å². The zero-order valence-corrected chi connectivity index (χ0v) is 14.6. The minimum atomic E-state index is -4.43. The smallest absolute Gasteiger partial charge is 0.396 e. The number of pyridine rings is 2. The van der Waals surface area contributed by atoms with E-state index in [-0.39, 0.29) is 24.5 Å². The molecular formula is C17H18F3N5O. The monoisotopic (exact) mass is 365 g/mol.